The van der Waals surface area contributed by atoms with Crippen molar-refractivity contribution in [3.63, 3.8) is 0 Å². The normalized spacial score (nSPS) is 18.7. The fourth-order valence-electron chi connectivity index (χ4n) is 8.12. The van der Waals surface area contributed by atoms with E-state index >= 15 is 0 Å². The summed E-state index contributed by atoms with van der Waals surface area (Å²) in [5.41, 5.74) is 4.37. The lowest BCUT2D eigenvalue weighted by atomic mass is 10.0. The molecule has 2 fully saturated rings. The van der Waals surface area contributed by atoms with Crippen molar-refractivity contribution >= 4 is 73.9 Å². The summed E-state index contributed by atoms with van der Waals surface area (Å²) >= 11 is 0. The molecule has 0 bridgehead atoms. The van der Waals surface area contributed by atoms with Crippen LogP contribution in [0.2, 0.25) is 0 Å². The van der Waals surface area contributed by atoms with Gasteiger partial charge in [0.1, 0.15) is 0 Å². The summed E-state index contributed by atoms with van der Waals surface area (Å²) < 4.78 is 0. The molecule has 6 aromatic rings. The Morgan fingerprint density at radius 1 is 0.590 bits per heavy atom. The highest BCUT2D eigenvalue weighted by Crippen LogP contribution is 2.64. The first-order valence-corrected chi connectivity index (χ1v) is 18.1. The summed E-state index contributed by atoms with van der Waals surface area (Å²) in [6, 6.07) is 24.7. The molecular formula is C37H38P2. The maximum Gasteiger partial charge on any atom is 0.00333 e. The zero-order chi connectivity index (χ0) is 26.1. The van der Waals surface area contributed by atoms with E-state index in [-0.39, 0.29) is 15.1 Å². The van der Waals surface area contributed by atoms with Crippen molar-refractivity contribution in [2.75, 3.05) is 0 Å². The second-order valence-electron chi connectivity index (χ2n) is 12.4. The van der Waals surface area contributed by atoms with E-state index in [0.29, 0.717) is 0 Å². The lowest BCUT2D eigenvalue weighted by Gasteiger charge is -2.23. The minimum absolute atomic E-state index is 0.315. The van der Waals surface area contributed by atoms with Crippen molar-refractivity contribution in [2.45, 2.75) is 82.4 Å². The number of hydrogen-bond acceptors (Lipinski definition) is 0. The lowest BCUT2D eigenvalue weighted by Crippen LogP contribution is -1.97. The summed E-state index contributed by atoms with van der Waals surface area (Å²) in [5.74, 6) is 0. The maximum absolute atomic E-state index is 4.18. The number of fused-ring (bicyclic) bond motifs is 7. The number of aryl methyl sites for hydroxylation is 1. The minimum Gasteiger partial charge on any atom is -0.105 e. The van der Waals surface area contributed by atoms with Crippen LogP contribution in [-0.4, -0.2) is 0 Å². The standard InChI is InChI=1S/C37H38P2/c1-3-25-19-30-32-22-37-33(23-36(32)38(34(30)18-24(25)2)28-14-6-4-7-15-28)31-20-26-12-10-11-13-27(26)21-35(31)39(37)29-16-8-5-9-17-29/h3,10-13,18-23,28-29H,1,4-9,14-17H2,2H3. The third-order valence-electron chi connectivity index (χ3n) is 10.1. The van der Waals surface area contributed by atoms with Gasteiger partial charge >= 0.3 is 0 Å². The first kappa shape index (κ1) is 24.3. The van der Waals surface area contributed by atoms with Gasteiger partial charge in [0.15, 0.2) is 0 Å². The molecule has 0 N–H and O–H groups in total. The van der Waals surface area contributed by atoms with E-state index in [1.807, 2.05) is 0 Å². The molecule has 2 aliphatic rings. The third kappa shape index (κ3) is 3.79. The van der Waals surface area contributed by atoms with E-state index in [0.717, 1.165) is 11.3 Å². The van der Waals surface area contributed by atoms with Crippen LogP contribution in [0.1, 0.15) is 86.7 Å². The highest BCUT2D eigenvalue weighted by molar-refractivity contribution is 7.63. The molecule has 0 radical (unpaired) electrons. The molecular weight excluding hydrogens is 506 g/mol. The lowest BCUT2D eigenvalue weighted by molar-refractivity contribution is 0.489. The average molecular weight is 545 g/mol. The second kappa shape index (κ2) is 9.54. The Hall–Kier alpha value is -2.52. The van der Waals surface area contributed by atoms with Gasteiger partial charge in [-0.3, -0.25) is 0 Å². The van der Waals surface area contributed by atoms with Gasteiger partial charge in [0.05, 0.1) is 0 Å². The fourth-order valence-corrected chi connectivity index (χ4v) is 14.9. The van der Waals surface area contributed by atoms with E-state index in [1.54, 1.807) is 36.6 Å². The van der Waals surface area contributed by atoms with Crippen LogP contribution in [0, 0.1) is 6.92 Å². The van der Waals surface area contributed by atoms with Crippen molar-refractivity contribution in [1.82, 2.24) is 0 Å². The molecule has 0 amide bonds. The van der Waals surface area contributed by atoms with E-state index in [1.165, 1.54) is 91.5 Å². The zero-order valence-corrected chi connectivity index (χ0v) is 25.0. The Labute approximate surface area is 234 Å². The Morgan fingerprint density at radius 2 is 1.05 bits per heavy atom. The van der Waals surface area contributed by atoms with Gasteiger partial charge in [0, 0.05) is 20.5 Å². The van der Waals surface area contributed by atoms with Gasteiger partial charge in [-0.05, 0) is 124 Å². The van der Waals surface area contributed by atoms with E-state index in [4.69, 9.17) is 0 Å². The van der Waals surface area contributed by atoms with Crippen molar-refractivity contribution in [3.8, 4) is 0 Å². The van der Waals surface area contributed by atoms with E-state index in [2.05, 4.69) is 80.2 Å². The van der Waals surface area contributed by atoms with Crippen LogP contribution in [0.5, 0.6) is 0 Å². The van der Waals surface area contributed by atoms with Crippen molar-refractivity contribution in [2.24, 2.45) is 0 Å². The van der Waals surface area contributed by atoms with E-state index in [9.17, 15) is 0 Å². The minimum atomic E-state index is -0.323. The van der Waals surface area contributed by atoms with Crippen LogP contribution < -0.4 is 0 Å². The van der Waals surface area contributed by atoms with Crippen LogP contribution in [0.15, 0.2) is 67.2 Å². The van der Waals surface area contributed by atoms with Crippen LogP contribution >= 0.6 is 15.1 Å². The first-order chi connectivity index (χ1) is 19.2. The SMILES string of the molecule is C=Cc1cc2c3cc4c(cc3p(C3CCCCC3)c2cc1C)c1cc2ccccc2cc1p4C1CCCCC1. The second-order valence-corrected chi connectivity index (χ2v) is 17.2. The molecule has 39 heavy (non-hydrogen) atoms. The molecule has 0 nitrogen and oxygen atoms in total. The fraction of sp³-hybridized carbons (Fsp3) is 0.351. The van der Waals surface area contributed by atoms with Gasteiger partial charge in [-0.2, -0.15) is 0 Å². The van der Waals surface area contributed by atoms with Gasteiger partial charge in [-0.1, -0.05) is 75.4 Å². The predicted octanol–water partition coefficient (Wildman–Crippen LogP) is 13.4. The summed E-state index contributed by atoms with van der Waals surface area (Å²) in [6.07, 6.45) is 16.2. The molecule has 4 aromatic carbocycles. The summed E-state index contributed by atoms with van der Waals surface area (Å²) in [7, 11) is -0.638. The van der Waals surface area contributed by atoms with Gasteiger partial charge < -0.3 is 0 Å². The zero-order valence-electron chi connectivity index (χ0n) is 23.2. The molecule has 2 aliphatic carbocycles. The molecule has 0 saturated heterocycles. The Morgan fingerprint density at radius 3 is 1.62 bits per heavy atom. The number of benzene rings is 4. The van der Waals surface area contributed by atoms with Gasteiger partial charge in [-0.15, -0.1) is 15.1 Å². The van der Waals surface area contributed by atoms with Gasteiger partial charge in [0.25, 0.3) is 0 Å². The molecule has 0 aliphatic heterocycles. The Bertz CT molecular complexity index is 1900. The topological polar surface area (TPSA) is 0 Å². The largest absolute Gasteiger partial charge is 0.105 e. The van der Waals surface area contributed by atoms with Crippen LogP contribution in [-0.2, 0) is 0 Å². The smallest absolute Gasteiger partial charge is 0.00333 e. The molecule has 0 spiro atoms. The van der Waals surface area contributed by atoms with Crippen LogP contribution in [0.3, 0.4) is 0 Å². The molecule has 8 rings (SSSR count). The van der Waals surface area contributed by atoms with Crippen LogP contribution in [0.25, 0.3) is 58.9 Å². The molecule has 2 atom stereocenters. The highest BCUT2D eigenvalue weighted by Gasteiger charge is 2.26. The molecule has 2 aromatic heterocycles. The Balaban J connectivity index is 1.52. The van der Waals surface area contributed by atoms with Gasteiger partial charge in [-0.25, -0.2) is 0 Å². The highest BCUT2D eigenvalue weighted by atomic mass is 31.1. The first-order valence-electron chi connectivity index (χ1n) is 15.3. The van der Waals surface area contributed by atoms with Crippen molar-refractivity contribution < 1.29 is 0 Å². The summed E-state index contributed by atoms with van der Waals surface area (Å²) in [5, 5.41) is 15.8. The van der Waals surface area contributed by atoms with Gasteiger partial charge in [0.2, 0.25) is 0 Å². The molecule has 196 valence electrons. The Kier molecular flexibility index (Phi) is 5.94. The summed E-state index contributed by atoms with van der Waals surface area (Å²) in [6.45, 7) is 6.47. The molecule has 2 saturated carbocycles. The predicted molar refractivity (Wildman–Crippen MR) is 178 cm³/mol. The molecule has 2 heteroatoms. The third-order valence-corrected chi connectivity index (χ3v) is 16.1. The van der Waals surface area contributed by atoms with Crippen molar-refractivity contribution in [3.05, 3.63) is 78.4 Å². The average Bonchev–Trinajstić information content (AvgIpc) is 3.45. The maximum atomic E-state index is 4.18. The van der Waals surface area contributed by atoms with E-state index < -0.39 is 0 Å². The summed E-state index contributed by atoms with van der Waals surface area (Å²) in [4.78, 5) is 0. The monoisotopic (exact) mass is 544 g/mol. The number of hydrogen-bond donors (Lipinski definition) is 0. The van der Waals surface area contributed by atoms with Crippen LogP contribution in [0.4, 0.5) is 0 Å². The molecule has 2 heterocycles. The van der Waals surface area contributed by atoms with Crippen molar-refractivity contribution in [1.29, 1.82) is 0 Å². The molecule has 2 unspecified atom stereocenters. The number of rotatable bonds is 3. The quantitative estimate of drug-likeness (QED) is 0.208.